The van der Waals surface area contributed by atoms with Gasteiger partial charge in [0.1, 0.15) is 18.0 Å². The summed E-state index contributed by atoms with van der Waals surface area (Å²) in [5.74, 6) is 1.02. The molecule has 1 fully saturated rings. The van der Waals surface area contributed by atoms with E-state index in [0.717, 1.165) is 25.2 Å². The molecule has 110 valence electrons. The molecule has 1 aromatic carbocycles. The third kappa shape index (κ3) is 5.01. The van der Waals surface area contributed by atoms with Gasteiger partial charge in [0.25, 0.3) is 0 Å². The molecule has 20 heavy (non-hydrogen) atoms. The van der Waals surface area contributed by atoms with Crippen molar-refractivity contribution < 1.29 is 9.47 Å². The number of epoxide rings is 1. The summed E-state index contributed by atoms with van der Waals surface area (Å²) in [7, 11) is 0. The van der Waals surface area contributed by atoms with Crippen molar-refractivity contribution in [3.63, 3.8) is 0 Å². The number of unbranched alkanes of at least 4 members (excludes halogenated alkanes) is 4. The molecule has 0 aliphatic carbocycles. The van der Waals surface area contributed by atoms with Crippen molar-refractivity contribution in [1.82, 2.24) is 0 Å². The first-order valence-corrected chi connectivity index (χ1v) is 7.69. The van der Waals surface area contributed by atoms with Gasteiger partial charge in [0.05, 0.1) is 6.61 Å². The Bertz CT molecular complexity index is 421. The summed E-state index contributed by atoms with van der Waals surface area (Å²) in [6.07, 6.45) is 9.30. The molecule has 1 aromatic rings. The Labute approximate surface area is 122 Å². The van der Waals surface area contributed by atoms with Crippen LogP contribution in [0.2, 0.25) is 0 Å². The summed E-state index contributed by atoms with van der Waals surface area (Å²) in [5.41, 5.74) is 1.28. The summed E-state index contributed by atoms with van der Waals surface area (Å²) in [4.78, 5) is 0. The topological polar surface area (TPSA) is 21.8 Å². The predicted molar refractivity (Wildman–Crippen MR) is 83.3 cm³/mol. The maximum absolute atomic E-state index is 5.92. The van der Waals surface area contributed by atoms with E-state index < -0.39 is 0 Å². The molecule has 2 heteroatoms. The van der Waals surface area contributed by atoms with Crippen molar-refractivity contribution in [2.45, 2.75) is 51.0 Å². The van der Waals surface area contributed by atoms with Gasteiger partial charge in [-0.15, -0.1) is 6.58 Å². The average Bonchev–Trinajstić information content (AvgIpc) is 3.20. The summed E-state index contributed by atoms with van der Waals surface area (Å²) < 4.78 is 11.3. The Morgan fingerprint density at radius 2 is 2.00 bits per heavy atom. The largest absolute Gasteiger partial charge is 0.490 e. The van der Waals surface area contributed by atoms with E-state index in [1.54, 1.807) is 0 Å². The second kappa shape index (κ2) is 7.49. The summed E-state index contributed by atoms with van der Waals surface area (Å²) in [5, 5.41) is 0. The lowest BCUT2D eigenvalue weighted by molar-refractivity contribution is 0.201. The van der Waals surface area contributed by atoms with Crippen LogP contribution in [0, 0.1) is 0 Å². The standard InChI is InChI=1S/C18H26O2/c1-3-4-5-6-7-8-11-16-12-9-10-13-17(16)19-14-18(2)15-20-18/h3,9-10,12-13H,1,4-8,11,14-15H2,2H3. The Kier molecular flexibility index (Phi) is 5.66. The van der Waals surface area contributed by atoms with Crippen LogP contribution in [0.3, 0.4) is 0 Å². The number of allylic oxidation sites excluding steroid dienone is 1. The third-order valence-electron chi connectivity index (χ3n) is 3.75. The molecule has 0 bridgehead atoms. The number of hydrogen-bond donors (Lipinski definition) is 0. The number of para-hydroxylation sites is 1. The fourth-order valence-electron chi connectivity index (χ4n) is 2.25. The molecule has 1 unspecified atom stereocenters. The van der Waals surface area contributed by atoms with Gasteiger partial charge in [-0.25, -0.2) is 0 Å². The van der Waals surface area contributed by atoms with Gasteiger partial charge in [-0.1, -0.05) is 37.1 Å². The van der Waals surface area contributed by atoms with Gasteiger partial charge in [-0.05, 0) is 44.2 Å². The van der Waals surface area contributed by atoms with E-state index in [0.29, 0.717) is 6.61 Å². The lowest BCUT2D eigenvalue weighted by atomic mass is 10.0. The molecule has 1 atom stereocenters. The van der Waals surface area contributed by atoms with Crippen LogP contribution in [0.1, 0.15) is 44.6 Å². The van der Waals surface area contributed by atoms with Gasteiger partial charge >= 0.3 is 0 Å². The highest BCUT2D eigenvalue weighted by molar-refractivity contribution is 5.33. The molecule has 0 N–H and O–H groups in total. The number of hydrogen-bond acceptors (Lipinski definition) is 2. The van der Waals surface area contributed by atoms with E-state index in [-0.39, 0.29) is 5.60 Å². The first kappa shape index (κ1) is 15.1. The number of rotatable bonds is 10. The van der Waals surface area contributed by atoms with Crippen LogP contribution >= 0.6 is 0 Å². The zero-order chi connectivity index (χ0) is 14.3. The van der Waals surface area contributed by atoms with E-state index in [2.05, 4.69) is 31.7 Å². The Morgan fingerprint density at radius 1 is 1.25 bits per heavy atom. The van der Waals surface area contributed by atoms with Crippen molar-refractivity contribution in [2.75, 3.05) is 13.2 Å². The highest BCUT2D eigenvalue weighted by atomic mass is 16.6. The molecule has 2 rings (SSSR count). The van der Waals surface area contributed by atoms with Crippen LogP contribution in [0.4, 0.5) is 0 Å². The van der Waals surface area contributed by atoms with Crippen molar-refractivity contribution in [3.05, 3.63) is 42.5 Å². The SMILES string of the molecule is C=CCCCCCCc1ccccc1OCC1(C)CO1. The predicted octanol–water partition coefficient (Wildman–Crippen LogP) is 4.53. The minimum absolute atomic E-state index is 0.0438. The van der Waals surface area contributed by atoms with Gasteiger partial charge in [0.15, 0.2) is 0 Å². The quantitative estimate of drug-likeness (QED) is 0.355. The van der Waals surface area contributed by atoms with E-state index in [1.165, 1.54) is 31.2 Å². The van der Waals surface area contributed by atoms with Crippen LogP contribution in [0.15, 0.2) is 36.9 Å². The summed E-state index contributed by atoms with van der Waals surface area (Å²) in [6, 6.07) is 8.38. The van der Waals surface area contributed by atoms with Crippen LogP contribution < -0.4 is 4.74 Å². The first-order valence-electron chi connectivity index (χ1n) is 7.69. The third-order valence-corrected chi connectivity index (χ3v) is 3.75. The minimum atomic E-state index is -0.0438. The van der Waals surface area contributed by atoms with Gasteiger partial charge < -0.3 is 9.47 Å². The highest BCUT2D eigenvalue weighted by Crippen LogP contribution is 2.28. The Hall–Kier alpha value is -1.28. The lowest BCUT2D eigenvalue weighted by Gasteiger charge is -2.13. The molecule has 0 spiro atoms. The number of aryl methyl sites for hydroxylation is 1. The molecule has 0 aromatic heterocycles. The van der Waals surface area contributed by atoms with Crippen molar-refractivity contribution in [1.29, 1.82) is 0 Å². The van der Waals surface area contributed by atoms with Crippen LogP contribution in [0.25, 0.3) is 0 Å². The van der Waals surface area contributed by atoms with Crippen molar-refractivity contribution in [3.8, 4) is 5.75 Å². The van der Waals surface area contributed by atoms with Gasteiger partial charge in [0.2, 0.25) is 0 Å². The monoisotopic (exact) mass is 274 g/mol. The van der Waals surface area contributed by atoms with Crippen molar-refractivity contribution >= 4 is 0 Å². The van der Waals surface area contributed by atoms with Gasteiger partial charge in [-0.2, -0.15) is 0 Å². The second-order valence-corrected chi connectivity index (χ2v) is 5.88. The smallest absolute Gasteiger partial charge is 0.123 e. The average molecular weight is 274 g/mol. The van der Waals surface area contributed by atoms with Gasteiger partial charge in [0, 0.05) is 0 Å². The van der Waals surface area contributed by atoms with Crippen LogP contribution in [-0.2, 0) is 11.2 Å². The molecular formula is C18H26O2. The fraction of sp³-hybridized carbons (Fsp3) is 0.556. The normalized spacial score (nSPS) is 20.6. The van der Waals surface area contributed by atoms with Crippen LogP contribution in [-0.4, -0.2) is 18.8 Å². The molecular weight excluding hydrogens is 248 g/mol. The first-order chi connectivity index (χ1) is 9.73. The molecule has 0 amide bonds. The Balaban J connectivity index is 1.73. The number of ether oxygens (including phenoxy) is 2. The fourth-order valence-corrected chi connectivity index (χ4v) is 2.25. The van der Waals surface area contributed by atoms with Crippen molar-refractivity contribution in [2.24, 2.45) is 0 Å². The minimum Gasteiger partial charge on any atom is -0.490 e. The lowest BCUT2D eigenvalue weighted by Crippen LogP contribution is -2.17. The van der Waals surface area contributed by atoms with E-state index in [9.17, 15) is 0 Å². The van der Waals surface area contributed by atoms with E-state index in [4.69, 9.17) is 9.47 Å². The highest BCUT2D eigenvalue weighted by Gasteiger charge is 2.40. The molecule has 1 saturated heterocycles. The maximum Gasteiger partial charge on any atom is 0.123 e. The molecule has 2 nitrogen and oxygen atoms in total. The summed E-state index contributed by atoms with van der Waals surface area (Å²) in [6.45, 7) is 7.32. The zero-order valence-electron chi connectivity index (χ0n) is 12.6. The van der Waals surface area contributed by atoms with Crippen LogP contribution in [0.5, 0.6) is 5.75 Å². The molecule has 1 heterocycles. The molecule has 1 aliphatic rings. The van der Waals surface area contributed by atoms with Gasteiger partial charge in [-0.3, -0.25) is 0 Å². The number of benzene rings is 1. The van der Waals surface area contributed by atoms with E-state index in [1.807, 2.05) is 12.1 Å². The Morgan fingerprint density at radius 3 is 2.75 bits per heavy atom. The van der Waals surface area contributed by atoms with E-state index >= 15 is 0 Å². The zero-order valence-corrected chi connectivity index (χ0v) is 12.6. The second-order valence-electron chi connectivity index (χ2n) is 5.88. The molecule has 0 radical (unpaired) electrons. The summed E-state index contributed by atoms with van der Waals surface area (Å²) >= 11 is 0. The maximum atomic E-state index is 5.92. The molecule has 1 aliphatic heterocycles. The molecule has 0 saturated carbocycles.